The minimum absolute atomic E-state index is 0.252. The van der Waals surface area contributed by atoms with Gasteiger partial charge in [0.1, 0.15) is 0 Å². The van der Waals surface area contributed by atoms with E-state index >= 15 is 0 Å². The SMILES string of the molecule is c1ccc([C@@H]2OC[C@@]3(c4ccccc4)CCC[C@@H]23)cc1. The van der Waals surface area contributed by atoms with Crippen LogP contribution in [-0.2, 0) is 10.2 Å². The molecule has 0 radical (unpaired) electrons. The van der Waals surface area contributed by atoms with Crippen molar-refractivity contribution < 1.29 is 4.74 Å². The van der Waals surface area contributed by atoms with Gasteiger partial charge in [0.2, 0.25) is 0 Å². The molecule has 0 amide bonds. The van der Waals surface area contributed by atoms with Gasteiger partial charge < -0.3 is 4.74 Å². The van der Waals surface area contributed by atoms with Crippen LogP contribution in [0.4, 0.5) is 0 Å². The highest BCUT2D eigenvalue weighted by atomic mass is 16.5. The van der Waals surface area contributed by atoms with E-state index in [1.807, 2.05) is 0 Å². The van der Waals surface area contributed by atoms with Crippen molar-refractivity contribution >= 4 is 0 Å². The molecule has 20 heavy (non-hydrogen) atoms. The van der Waals surface area contributed by atoms with Crippen LogP contribution in [0.5, 0.6) is 0 Å². The van der Waals surface area contributed by atoms with Gasteiger partial charge in [0.15, 0.2) is 0 Å². The standard InChI is InChI=1S/C19H20O/c1-3-8-15(9-4-1)18-17-12-7-13-19(17,14-20-18)16-10-5-2-6-11-16/h1-6,8-11,17-18H,7,12-14H2/t17-,18-,19+/m0/s1. The van der Waals surface area contributed by atoms with Gasteiger partial charge in [-0.25, -0.2) is 0 Å². The van der Waals surface area contributed by atoms with Gasteiger partial charge in [0.25, 0.3) is 0 Å². The van der Waals surface area contributed by atoms with E-state index in [2.05, 4.69) is 60.7 Å². The van der Waals surface area contributed by atoms with E-state index in [1.165, 1.54) is 30.4 Å². The molecule has 2 aromatic rings. The highest BCUT2D eigenvalue weighted by Crippen LogP contribution is 2.56. The van der Waals surface area contributed by atoms with Crippen LogP contribution < -0.4 is 0 Å². The fourth-order valence-corrected chi connectivity index (χ4v) is 4.26. The lowest BCUT2D eigenvalue weighted by atomic mass is 9.72. The zero-order valence-electron chi connectivity index (χ0n) is 11.7. The van der Waals surface area contributed by atoms with E-state index in [0.717, 1.165) is 6.61 Å². The number of hydrogen-bond acceptors (Lipinski definition) is 1. The Morgan fingerprint density at radius 3 is 2.35 bits per heavy atom. The first kappa shape index (κ1) is 12.2. The lowest BCUT2D eigenvalue weighted by Crippen LogP contribution is -2.30. The Hall–Kier alpha value is -1.60. The highest BCUT2D eigenvalue weighted by Gasteiger charge is 2.53. The summed E-state index contributed by atoms with van der Waals surface area (Å²) in [6.45, 7) is 0.876. The molecular formula is C19H20O. The second-order valence-corrected chi connectivity index (χ2v) is 6.16. The molecule has 1 heterocycles. The van der Waals surface area contributed by atoms with E-state index in [4.69, 9.17) is 4.74 Å². The lowest BCUT2D eigenvalue weighted by molar-refractivity contribution is 0.0846. The molecule has 0 N–H and O–H groups in total. The first-order valence-corrected chi connectivity index (χ1v) is 7.62. The molecule has 0 unspecified atom stereocenters. The van der Waals surface area contributed by atoms with E-state index in [0.29, 0.717) is 5.92 Å². The summed E-state index contributed by atoms with van der Waals surface area (Å²) in [5.41, 5.74) is 3.07. The number of fused-ring (bicyclic) bond motifs is 1. The summed E-state index contributed by atoms with van der Waals surface area (Å²) >= 11 is 0. The Morgan fingerprint density at radius 1 is 0.900 bits per heavy atom. The maximum Gasteiger partial charge on any atom is 0.0862 e. The van der Waals surface area contributed by atoms with E-state index in [1.54, 1.807) is 0 Å². The molecule has 1 saturated carbocycles. The molecular weight excluding hydrogens is 244 g/mol. The van der Waals surface area contributed by atoms with Crippen LogP contribution in [0.3, 0.4) is 0 Å². The molecule has 4 rings (SSSR count). The van der Waals surface area contributed by atoms with Crippen LogP contribution >= 0.6 is 0 Å². The third-order valence-corrected chi connectivity index (χ3v) is 5.21. The molecule has 3 atom stereocenters. The first-order chi connectivity index (χ1) is 9.90. The van der Waals surface area contributed by atoms with Gasteiger partial charge in [0.05, 0.1) is 12.7 Å². The normalized spacial score (nSPS) is 32.2. The first-order valence-electron chi connectivity index (χ1n) is 7.62. The van der Waals surface area contributed by atoms with Crippen molar-refractivity contribution in [3.8, 4) is 0 Å². The molecule has 2 aliphatic rings. The summed E-state index contributed by atoms with van der Waals surface area (Å²) in [6.07, 6.45) is 4.16. The molecule has 1 nitrogen and oxygen atoms in total. The van der Waals surface area contributed by atoms with Crippen molar-refractivity contribution in [2.45, 2.75) is 30.8 Å². The summed E-state index contributed by atoms with van der Waals surface area (Å²) in [7, 11) is 0. The molecule has 0 aromatic heterocycles. The van der Waals surface area contributed by atoms with Gasteiger partial charge in [-0.2, -0.15) is 0 Å². The topological polar surface area (TPSA) is 9.23 Å². The third-order valence-electron chi connectivity index (χ3n) is 5.21. The summed E-state index contributed by atoms with van der Waals surface area (Å²) in [5.74, 6) is 0.632. The number of benzene rings is 2. The van der Waals surface area contributed by atoms with E-state index in [-0.39, 0.29) is 11.5 Å². The van der Waals surface area contributed by atoms with Crippen LogP contribution in [0.2, 0.25) is 0 Å². The van der Waals surface area contributed by atoms with Gasteiger partial charge in [-0.15, -0.1) is 0 Å². The Labute approximate surface area is 120 Å². The van der Waals surface area contributed by atoms with Crippen molar-refractivity contribution in [2.24, 2.45) is 5.92 Å². The summed E-state index contributed by atoms with van der Waals surface area (Å²) in [6, 6.07) is 21.8. The fraction of sp³-hybridized carbons (Fsp3) is 0.368. The summed E-state index contributed by atoms with van der Waals surface area (Å²) < 4.78 is 6.26. The molecule has 0 bridgehead atoms. The molecule has 1 heteroatoms. The van der Waals surface area contributed by atoms with Crippen LogP contribution in [0, 0.1) is 5.92 Å². The maximum absolute atomic E-state index is 6.26. The monoisotopic (exact) mass is 264 g/mol. The van der Waals surface area contributed by atoms with Crippen LogP contribution in [0.15, 0.2) is 60.7 Å². The average Bonchev–Trinajstić information content (AvgIpc) is 3.08. The second-order valence-electron chi connectivity index (χ2n) is 6.16. The van der Waals surface area contributed by atoms with E-state index in [9.17, 15) is 0 Å². The maximum atomic E-state index is 6.26. The number of hydrogen-bond donors (Lipinski definition) is 0. The second kappa shape index (κ2) is 4.75. The van der Waals surface area contributed by atoms with Gasteiger partial charge in [0, 0.05) is 11.3 Å². The smallest absolute Gasteiger partial charge is 0.0862 e. The Balaban J connectivity index is 1.73. The van der Waals surface area contributed by atoms with Crippen molar-refractivity contribution in [1.82, 2.24) is 0 Å². The van der Waals surface area contributed by atoms with Crippen molar-refractivity contribution in [3.05, 3.63) is 71.8 Å². The van der Waals surface area contributed by atoms with Crippen molar-refractivity contribution in [2.75, 3.05) is 6.61 Å². The fourth-order valence-electron chi connectivity index (χ4n) is 4.26. The van der Waals surface area contributed by atoms with Gasteiger partial charge in [-0.3, -0.25) is 0 Å². The highest BCUT2D eigenvalue weighted by molar-refractivity contribution is 5.33. The van der Waals surface area contributed by atoms with Gasteiger partial charge in [-0.05, 0) is 24.0 Å². The van der Waals surface area contributed by atoms with Crippen LogP contribution in [0.1, 0.15) is 36.5 Å². The van der Waals surface area contributed by atoms with Crippen LogP contribution in [-0.4, -0.2) is 6.61 Å². The zero-order valence-corrected chi connectivity index (χ0v) is 11.7. The molecule has 2 aromatic carbocycles. The predicted molar refractivity (Wildman–Crippen MR) is 80.6 cm³/mol. The minimum Gasteiger partial charge on any atom is -0.372 e. The zero-order chi connectivity index (χ0) is 13.4. The summed E-state index contributed by atoms with van der Waals surface area (Å²) in [5, 5.41) is 0. The summed E-state index contributed by atoms with van der Waals surface area (Å²) in [4.78, 5) is 0. The van der Waals surface area contributed by atoms with Gasteiger partial charge in [-0.1, -0.05) is 67.1 Å². The van der Waals surface area contributed by atoms with E-state index < -0.39 is 0 Å². The van der Waals surface area contributed by atoms with Crippen molar-refractivity contribution in [1.29, 1.82) is 0 Å². The predicted octanol–water partition coefficient (Wildman–Crippen LogP) is 4.50. The molecule has 0 spiro atoms. The quantitative estimate of drug-likeness (QED) is 0.776. The lowest BCUT2D eigenvalue weighted by Gasteiger charge is -2.29. The minimum atomic E-state index is 0.252. The van der Waals surface area contributed by atoms with Gasteiger partial charge >= 0.3 is 0 Å². The molecule has 2 fully saturated rings. The average molecular weight is 264 g/mol. The Bertz CT molecular complexity index is 577. The molecule has 102 valence electrons. The Morgan fingerprint density at radius 2 is 1.60 bits per heavy atom. The third kappa shape index (κ3) is 1.73. The molecule has 1 aliphatic carbocycles. The Kier molecular flexibility index (Phi) is 2.89. The molecule has 1 aliphatic heterocycles. The number of ether oxygens (including phenoxy) is 1. The van der Waals surface area contributed by atoms with Crippen LogP contribution in [0.25, 0.3) is 0 Å². The van der Waals surface area contributed by atoms with Crippen molar-refractivity contribution in [3.63, 3.8) is 0 Å². The largest absolute Gasteiger partial charge is 0.372 e. The molecule has 1 saturated heterocycles. The number of rotatable bonds is 2.